The molecule has 0 radical (unpaired) electrons. The minimum Gasteiger partial charge on any atom is -0.494 e. The number of anilines is 2. The maximum atomic E-state index is 12.7. The molecule has 0 aliphatic carbocycles. The molecule has 3 aromatic rings. The molecule has 0 aliphatic rings. The van der Waals surface area contributed by atoms with Gasteiger partial charge in [0, 0.05) is 30.6 Å². The lowest BCUT2D eigenvalue weighted by Crippen LogP contribution is -2.07. The highest BCUT2D eigenvalue weighted by molar-refractivity contribution is 6.09. The second-order valence-electron chi connectivity index (χ2n) is 6.78. The molecule has 0 spiro atoms. The van der Waals surface area contributed by atoms with Crippen LogP contribution >= 0.6 is 0 Å². The number of hydrogen-bond donors (Lipinski definition) is 1. The first-order valence-corrected chi connectivity index (χ1v) is 9.49. The van der Waals surface area contributed by atoms with Gasteiger partial charge in [0.1, 0.15) is 17.0 Å². The van der Waals surface area contributed by atoms with Crippen LogP contribution in [-0.2, 0) is 4.79 Å². The van der Waals surface area contributed by atoms with Crippen molar-refractivity contribution in [1.82, 2.24) is 4.98 Å². The van der Waals surface area contributed by atoms with Gasteiger partial charge in [0.25, 0.3) is 0 Å². The first-order valence-electron chi connectivity index (χ1n) is 9.49. The molecule has 0 atom stereocenters. The Bertz CT molecular complexity index is 1080. The van der Waals surface area contributed by atoms with Crippen LogP contribution < -0.4 is 14.8 Å². The molecule has 1 aromatic heterocycles. The van der Waals surface area contributed by atoms with E-state index in [9.17, 15) is 9.59 Å². The number of carbonyl (C=O) groups excluding carboxylic acids is 2. The van der Waals surface area contributed by atoms with Crippen LogP contribution in [0.25, 0.3) is 10.9 Å². The average molecular weight is 392 g/mol. The summed E-state index contributed by atoms with van der Waals surface area (Å²) < 4.78 is 10.6. The van der Waals surface area contributed by atoms with E-state index in [1.807, 2.05) is 44.2 Å². The average Bonchev–Trinajstić information content (AvgIpc) is 2.69. The van der Waals surface area contributed by atoms with Crippen molar-refractivity contribution in [3.63, 3.8) is 0 Å². The highest BCUT2D eigenvalue weighted by Crippen LogP contribution is 2.35. The Morgan fingerprint density at radius 1 is 1.14 bits per heavy atom. The van der Waals surface area contributed by atoms with Gasteiger partial charge in [-0.3, -0.25) is 14.6 Å². The second-order valence-corrected chi connectivity index (χ2v) is 6.78. The SMILES string of the molecule is CCCC(=O)c1cnc2c(OC)cccc2c1Nc1ccc(OC(C)=O)c(C)c1. The second kappa shape index (κ2) is 8.73. The first-order chi connectivity index (χ1) is 13.9. The van der Waals surface area contributed by atoms with E-state index in [0.717, 1.165) is 23.1 Å². The van der Waals surface area contributed by atoms with Gasteiger partial charge in [0.15, 0.2) is 5.78 Å². The van der Waals surface area contributed by atoms with Crippen LogP contribution in [0.15, 0.2) is 42.6 Å². The van der Waals surface area contributed by atoms with Crippen molar-refractivity contribution in [2.24, 2.45) is 0 Å². The molecule has 1 heterocycles. The minimum absolute atomic E-state index is 0.0282. The molecule has 0 amide bonds. The summed E-state index contributed by atoms with van der Waals surface area (Å²) in [4.78, 5) is 28.4. The Hall–Kier alpha value is -3.41. The fourth-order valence-electron chi connectivity index (χ4n) is 3.21. The Labute approximate surface area is 169 Å². The summed E-state index contributed by atoms with van der Waals surface area (Å²) in [6.07, 6.45) is 2.80. The Morgan fingerprint density at radius 2 is 1.93 bits per heavy atom. The number of nitrogens with zero attached hydrogens (tertiary/aromatic N) is 1. The number of rotatable bonds is 7. The van der Waals surface area contributed by atoms with E-state index in [1.54, 1.807) is 19.4 Å². The standard InChI is InChI=1S/C23H24N2O4/c1-5-7-19(27)18-13-24-23-17(8-6-9-21(23)28-4)22(18)25-16-10-11-20(14(2)12-16)29-15(3)26/h6,8-13H,5,7H2,1-4H3,(H,24,25). The van der Waals surface area contributed by atoms with Crippen LogP contribution in [0.4, 0.5) is 11.4 Å². The fraction of sp³-hybridized carbons (Fsp3) is 0.261. The van der Waals surface area contributed by atoms with E-state index in [1.165, 1.54) is 6.92 Å². The highest BCUT2D eigenvalue weighted by Gasteiger charge is 2.17. The Kier molecular flexibility index (Phi) is 6.12. The molecule has 150 valence electrons. The van der Waals surface area contributed by atoms with Gasteiger partial charge in [-0.25, -0.2) is 0 Å². The normalized spacial score (nSPS) is 10.6. The zero-order valence-electron chi connectivity index (χ0n) is 17.0. The van der Waals surface area contributed by atoms with Crippen molar-refractivity contribution in [1.29, 1.82) is 0 Å². The summed E-state index contributed by atoms with van der Waals surface area (Å²) in [5.41, 5.74) is 3.49. The van der Waals surface area contributed by atoms with E-state index >= 15 is 0 Å². The number of esters is 1. The number of Topliss-reactive ketones (excluding diaryl/α,β-unsaturated/α-hetero) is 1. The third-order valence-corrected chi connectivity index (χ3v) is 4.56. The maximum Gasteiger partial charge on any atom is 0.308 e. The number of methoxy groups -OCH3 is 1. The zero-order valence-corrected chi connectivity index (χ0v) is 17.0. The first kappa shape index (κ1) is 20.3. The van der Waals surface area contributed by atoms with E-state index in [-0.39, 0.29) is 11.8 Å². The smallest absolute Gasteiger partial charge is 0.308 e. The Morgan fingerprint density at radius 3 is 2.59 bits per heavy atom. The topological polar surface area (TPSA) is 77.5 Å². The molecular formula is C23H24N2O4. The van der Waals surface area contributed by atoms with E-state index in [2.05, 4.69) is 10.3 Å². The quantitative estimate of drug-likeness (QED) is 0.338. The monoisotopic (exact) mass is 392 g/mol. The molecule has 0 fully saturated rings. The van der Waals surface area contributed by atoms with Gasteiger partial charge in [0.05, 0.1) is 18.4 Å². The number of fused-ring (bicyclic) bond motifs is 1. The lowest BCUT2D eigenvalue weighted by Gasteiger charge is -2.16. The number of benzene rings is 2. The largest absolute Gasteiger partial charge is 0.494 e. The van der Waals surface area contributed by atoms with Gasteiger partial charge >= 0.3 is 5.97 Å². The number of pyridine rings is 1. The summed E-state index contributed by atoms with van der Waals surface area (Å²) in [7, 11) is 1.59. The van der Waals surface area contributed by atoms with Crippen molar-refractivity contribution < 1.29 is 19.1 Å². The van der Waals surface area contributed by atoms with Gasteiger partial charge in [-0.15, -0.1) is 0 Å². The molecule has 0 bridgehead atoms. The number of nitrogens with one attached hydrogen (secondary N) is 1. The molecule has 0 unspecified atom stereocenters. The lowest BCUT2D eigenvalue weighted by atomic mass is 10.0. The van der Waals surface area contributed by atoms with E-state index in [4.69, 9.17) is 9.47 Å². The number of aryl methyl sites for hydroxylation is 1. The fourth-order valence-corrected chi connectivity index (χ4v) is 3.21. The zero-order chi connectivity index (χ0) is 21.0. The summed E-state index contributed by atoms with van der Waals surface area (Å²) in [5.74, 6) is 0.807. The summed E-state index contributed by atoms with van der Waals surface area (Å²) in [6.45, 7) is 5.20. The van der Waals surface area contributed by atoms with E-state index in [0.29, 0.717) is 34.7 Å². The number of carbonyl (C=O) groups is 2. The lowest BCUT2D eigenvalue weighted by molar-refractivity contribution is -0.131. The van der Waals surface area contributed by atoms with Crippen LogP contribution in [0.1, 0.15) is 42.6 Å². The molecule has 6 heteroatoms. The van der Waals surface area contributed by atoms with E-state index < -0.39 is 0 Å². The minimum atomic E-state index is -0.367. The summed E-state index contributed by atoms with van der Waals surface area (Å²) in [5, 5.41) is 4.17. The number of ketones is 1. The van der Waals surface area contributed by atoms with Gasteiger partial charge in [-0.1, -0.05) is 19.1 Å². The molecule has 0 saturated heterocycles. The molecule has 3 rings (SSSR count). The van der Waals surface area contributed by atoms with Gasteiger partial charge in [-0.2, -0.15) is 0 Å². The van der Waals surface area contributed by atoms with Gasteiger partial charge < -0.3 is 14.8 Å². The number of para-hydroxylation sites is 1. The summed E-state index contributed by atoms with van der Waals surface area (Å²) in [6, 6.07) is 11.0. The third-order valence-electron chi connectivity index (χ3n) is 4.56. The van der Waals surface area contributed by atoms with Gasteiger partial charge in [-0.05, 0) is 43.2 Å². The molecule has 0 aliphatic heterocycles. The van der Waals surface area contributed by atoms with Crippen LogP contribution in [0, 0.1) is 6.92 Å². The molecule has 1 N–H and O–H groups in total. The number of aromatic nitrogens is 1. The van der Waals surface area contributed by atoms with Gasteiger partial charge in [0.2, 0.25) is 0 Å². The Balaban J connectivity index is 2.11. The van der Waals surface area contributed by atoms with Crippen molar-refractivity contribution in [3.05, 3.63) is 53.7 Å². The van der Waals surface area contributed by atoms with Crippen LogP contribution in [0.3, 0.4) is 0 Å². The van der Waals surface area contributed by atoms with Crippen molar-refractivity contribution in [2.75, 3.05) is 12.4 Å². The molecular weight excluding hydrogens is 368 g/mol. The van der Waals surface area contributed by atoms with Crippen LogP contribution in [0.2, 0.25) is 0 Å². The van der Waals surface area contributed by atoms with Crippen LogP contribution in [0.5, 0.6) is 11.5 Å². The van der Waals surface area contributed by atoms with Crippen LogP contribution in [-0.4, -0.2) is 23.8 Å². The molecule has 0 saturated carbocycles. The van der Waals surface area contributed by atoms with Crippen molar-refractivity contribution in [3.8, 4) is 11.5 Å². The van der Waals surface area contributed by atoms with Crippen molar-refractivity contribution in [2.45, 2.75) is 33.6 Å². The van der Waals surface area contributed by atoms with Crippen molar-refractivity contribution >= 4 is 34.0 Å². The molecule has 6 nitrogen and oxygen atoms in total. The predicted molar refractivity (Wildman–Crippen MR) is 113 cm³/mol. The molecule has 29 heavy (non-hydrogen) atoms. The molecule has 2 aromatic carbocycles. The number of hydrogen-bond acceptors (Lipinski definition) is 6. The highest BCUT2D eigenvalue weighted by atomic mass is 16.5. The third kappa shape index (κ3) is 4.37. The summed E-state index contributed by atoms with van der Waals surface area (Å²) >= 11 is 0. The predicted octanol–water partition coefficient (Wildman–Crippen LogP) is 5.20. The number of ether oxygens (including phenoxy) is 2. The maximum absolute atomic E-state index is 12.7.